The Morgan fingerprint density at radius 1 is 1.25 bits per heavy atom. The van der Waals surface area contributed by atoms with Crippen molar-refractivity contribution in [2.75, 3.05) is 44.6 Å². The van der Waals surface area contributed by atoms with Crippen molar-refractivity contribution in [1.82, 2.24) is 19.8 Å². The number of hydrogen-bond donors (Lipinski definition) is 1. The van der Waals surface area contributed by atoms with Crippen LogP contribution >= 0.6 is 11.6 Å². The summed E-state index contributed by atoms with van der Waals surface area (Å²) in [6, 6.07) is 0.579. The van der Waals surface area contributed by atoms with Gasteiger partial charge in [0.05, 0.1) is 0 Å². The summed E-state index contributed by atoms with van der Waals surface area (Å²) in [5.74, 6) is 1.69. The summed E-state index contributed by atoms with van der Waals surface area (Å²) in [5.41, 5.74) is 0.945. The molecule has 0 radical (unpaired) electrons. The zero-order chi connectivity index (χ0) is 14.1. The van der Waals surface area contributed by atoms with Crippen LogP contribution in [0.1, 0.15) is 18.3 Å². The molecule has 3 aliphatic heterocycles. The van der Waals surface area contributed by atoms with Crippen molar-refractivity contribution in [3.05, 3.63) is 16.5 Å². The third kappa shape index (κ3) is 2.75. The molecule has 2 bridgehead atoms. The lowest BCUT2D eigenvalue weighted by Gasteiger charge is -2.47. The molecule has 3 fully saturated rings. The molecular weight excluding hydrogens is 274 g/mol. The highest BCUT2D eigenvalue weighted by Gasteiger charge is 2.31. The Bertz CT molecular complexity index is 485. The van der Waals surface area contributed by atoms with Crippen LogP contribution in [-0.4, -0.2) is 65.1 Å². The van der Waals surface area contributed by atoms with Crippen LogP contribution in [0.25, 0.3) is 0 Å². The van der Waals surface area contributed by atoms with E-state index >= 15 is 0 Å². The average molecular weight is 296 g/mol. The van der Waals surface area contributed by atoms with Crippen LogP contribution in [0.2, 0.25) is 5.15 Å². The van der Waals surface area contributed by atoms with Gasteiger partial charge >= 0.3 is 0 Å². The Morgan fingerprint density at radius 2 is 2.00 bits per heavy atom. The van der Waals surface area contributed by atoms with Gasteiger partial charge in [-0.15, -0.1) is 0 Å². The molecule has 3 saturated heterocycles. The summed E-state index contributed by atoms with van der Waals surface area (Å²) in [5, 5.41) is 4.04. The summed E-state index contributed by atoms with van der Waals surface area (Å²) >= 11 is 6.17. The van der Waals surface area contributed by atoms with Gasteiger partial charge in [0.2, 0.25) is 0 Å². The second kappa shape index (κ2) is 5.84. The standard InChI is InChI=1S/C14H22ClN5/c1-3-12-17-13(15)10(2)14(18-12)16-8-11-9-19-4-6-20(11)7-5-19/h11H,3-9H2,1-2H3,(H,16,17,18). The predicted molar refractivity (Wildman–Crippen MR) is 81.4 cm³/mol. The second-order valence-corrected chi connectivity index (χ2v) is 5.99. The molecule has 110 valence electrons. The lowest BCUT2D eigenvalue weighted by atomic mass is 10.1. The summed E-state index contributed by atoms with van der Waals surface area (Å²) < 4.78 is 0. The smallest absolute Gasteiger partial charge is 0.137 e. The van der Waals surface area contributed by atoms with Gasteiger partial charge in [0.25, 0.3) is 0 Å². The van der Waals surface area contributed by atoms with Gasteiger partial charge in [-0.3, -0.25) is 9.80 Å². The number of nitrogens with zero attached hydrogens (tertiary/aromatic N) is 4. The van der Waals surface area contributed by atoms with E-state index in [9.17, 15) is 0 Å². The highest BCUT2D eigenvalue weighted by molar-refractivity contribution is 6.30. The topological polar surface area (TPSA) is 44.3 Å². The number of rotatable bonds is 4. The van der Waals surface area contributed by atoms with E-state index in [0.29, 0.717) is 11.2 Å². The van der Waals surface area contributed by atoms with Crippen molar-refractivity contribution < 1.29 is 0 Å². The first-order valence-electron chi connectivity index (χ1n) is 7.40. The molecule has 6 heteroatoms. The maximum Gasteiger partial charge on any atom is 0.137 e. The van der Waals surface area contributed by atoms with E-state index < -0.39 is 0 Å². The molecule has 0 spiro atoms. The van der Waals surface area contributed by atoms with Crippen LogP contribution in [0, 0.1) is 6.92 Å². The van der Waals surface area contributed by atoms with Gasteiger partial charge in [-0.25, -0.2) is 9.97 Å². The molecule has 5 nitrogen and oxygen atoms in total. The number of aryl methyl sites for hydroxylation is 1. The molecule has 0 amide bonds. The second-order valence-electron chi connectivity index (χ2n) is 5.63. The number of halogens is 1. The number of hydrogen-bond acceptors (Lipinski definition) is 5. The van der Waals surface area contributed by atoms with Crippen LogP contribution in [0.5, 0.6) is 0 Å². The Balaban J connectivity index is 1.67. The molecule has 4 rings (SSSR count). The summed E-state index contributed by atoms with van der Waals surface area (Å²) in [7, 11) is 0. The van der Waals surface area contributed by atoms with Crippen LogP contribution in [-0.2, 0) is 6.42 Å². The normalized spacial score (nSPS) is 28.6. The first-order chi connectivity index (χ1) is 9.67. The van der Waals surface area contributed by atoms with Crippen molar-refractivity contribution in [2.24, 2.45) is 0 Å². The fraction of sp³-hybridized carbons (Fsp3) is 0.714. The van der Waals surface area contributed by atoms with Gasteiger partial charge in [-0.05, 0) is 6.92 Å². The van der Waals surface area contributed by atoms with Crippen molar-refractivity contribution >= 4 is 17.4 Å². The molecule has 1 aromatic heterocycles. The molecule has 1 N–H and O–H groups in total. The monoisotopic (exact) mass is 295 g/mol. The molecule has 0 saturated carbocycles. The van der Waals surface area contributed by atoms with E-state index in [0.717, 1.165) is 36.7 Å². The first kappa shape index (κ1) is 14.0. The Labute approximate surface area is 125 Å². The largest absolute Gasteiger partial charge is 0.368 e. The van der Waals surface area contributed by atoms with E-state index in [1.54, 1.807) is 0 Å². The van der Waals surface area contributed by atoms with E-state index in [2.05, 4.69) is 25.1 Å². The van der Waals surface area contributed by atoms with Gasteiger partial charge in [-0.2, -0.15) is 0 Å². The molecule has 0 aliphatic carbocycles. The number of aromatic nitrogens is 2. The van der Waals surface area contributed by atoms with E-state index in [1.165, 1.54) is 26.2 Å². The van der Waals surface area contributed by atoms with Gasteiger partial charge in [0.1, 0.15) is 16.8 Å². The lowest BCUT2D eigenvalue weighted by Crippen LogP contribution is -2.62. The third-order valence-electron chi connectivity index (χ3n) is 4.35. The first-order valence-corrected chi connectivity index (χ1v) is 7.78. The Kier molecular flexibility index (Phi) is 4.10. The fourth-order valence-electron chi connectivity index (χ4n) is 3.00. The molecule has 4 heterocycles. The fourth-order valence-corrected chi connectivity index (χ4v) is 3.18. The average Bonchev–Trinajstić information content (AvgIpc) is 2.49. The minimum absolute atomic E-state index is 0.563. The molecule has 1 unspecified atom stereocenters. The number of fused-ring (bicyclic) bond motifs is 3. The van der Waals surface area contributed by atoms with E-state index in [-0.39, 0.29) is 0 Å². The van der Waals surface area contributed by atoms with Gasteiger partial charge in [0, 0.05) is 57.3 Å². The van der Waals surface area contributed by atoms with Gasteiger partial charge in [0.15, 0.2) is 0 Å². The number of anilines is 1. The summed E-state index contributed by atoms with van der Waals surface area (Å²) in [6.45, 7) is 10.9. The van der Waals surface area contributed by atoms with Crippen LogP contribution in [0.4, 0.5) is 5.82 Å². The van der Waals surface area contributed by atoms with Crippen molar-refractivity contribution in [2.45, 2.75) is 26.3 Å². The van der Waals surface area contributed by atoms with Crippen molar-refractivity contribution in [3.63, 3.8) is 0 Å². The molecule has 1 aromatic rings. The molecule has 3 aliphatic rings. The highest BCUT2D eigenvalue weighted by Crippen LogP contribution is 2.21. The van der Waals surface area contributed by atoms with Crippen molar-refractivity contribution in [3.8, 4) is 0 Å². The number of nitrogens with one attached hydrogen (secondary N) is 1. The highest BCUT2D eigenvalue weighted by atomic mass is 35.5. The van der Waals surface area contributed by atoms with Crippen LogP contribution < -0.4 is 5.32 Å². The molecule has 0 aromatic carbocycles. The minimum atomic E-state index is 0.563. The Morgan fingerprint density at radius 3 is 2.60 bits per heavy atom. The SMILES string of the molecule is CCc1nc(Cl)c(C)c(NCC2CN3CCN2CC3)n1. The van der Waals surface area contributed by atoms with Gasteiger partial charge < -0.3 is 5.32 Å². The Hall–Kier alpha value is -0.910. The zero-order valence-corrected chi connectivity index (χ0v) is 12.9. The molecule has 1 atom stereocenters. The summed E-state index contributed by atoms with van der Waals surface area (Å²) in [6.07, 6.45) is 0.804. The van der Waals surface area contributed by atoms with Crippen molar-refractivity contribution in [1.29, 1.82) is 0 Å². The predicted octanol–water partition coefficient (Wildman–Crippen LogP) is 1.41. The minimum Gasteiger partial charge on any atom is -0.368 e. The zero-order valence-electron chi connectivity index (χ0n) is 12.2. The third-order valence-corrected chi connectivity index (χ3v) is 4.71. The molecular formula is C14H22ClN5. The number of piperazine rings is 3. The summed E-state index contributed by atoms with van der Waals surface area (Å²) in [4.78, 5) is 14.0. The van der Waals surface area contributed by atoms with Crippen LogP contribution in [0.15, 0.2) is 0 Å². The van der Waals surface area contributed by atoms with Gasteiger partial charge in [-0.1, -0.05) is 18.5 Å². The maximum atomic E-state index is 6.17. The quantitative estimate of drug-likeness (QED) is 0.851. The van der Waals surface area contributed by atoms with E-state index in [4.69, 9.17) is 11.6 Å². The van der Waals surface area contributed by atoms with Crippen LogP contribution in [0.3, 0.4) is 0 Å². The van der Waals surface area contributed by atoms with E-state index in [1.807, 2.05) is 13.8 Å². The lowest BCUT2D eigenvalue weighted by molar-refractivity contribution is 0.0189. The maximum absolute atomic E-state index is 6.17. The molecule has 20 heavy (non-hydrogen) atoms.